The second-order valence-corrected chi connectivity index (χ2v) is 24.0. The third-order valence-corrected chi connectivity index (χ3v) is 16.1. The quantitative estimate of drug-likeness (QED) is 0.0330. The predicted molar refractivity (Wildman–Crippen MR) is 317 cm³/mol. The van der Waals surface area contributed by atoms with Gasteiger partial charge in [-0.25, -0.2) is 29.3 Å². The minimum atomic E-state index is -0.618. The van der Waals surface area contributed by atoms with Crippen molar-refractivity contribution < 1.29 is 62.2 Å². The molecule has 0 bridgehead atoms. The number of methoxy groups -OCH3 is 3. The van der Waals surface area contributed by atoms with Crippen molar-refractivity contribution in [1.29, 1.82) is 0 Å². The number of nitrogens with zero attached hydrogens (tertiary/aromatic N) is 13. The normalized spacial score (nSPS) is 13.2. The lowest BCUT2D eigenvalue weighted by atomic mass is 9.79. The zero-order valence-electron chi connectivity index (χ0n) is 49.0. The molecule has 9 rings (SSSR count). The van der Waals surface area contributed by atoms with Crippen LogP contribution in [0.3, 0.4) is 0 Å². The molecular formula is C52H63BIN13O13S3. The van der Waals surface area contributed by atoms with E-state index >= 15 is 0 Å². The molecule has 1 atom stereocenters. The molecule has 9 heterocycles. The van der Waals surface area contributed by atoms with E-state index in [1.54, 1.807) is 87.2 Å². The number of esters is 3. The Labute approximate surface area is 503 Å². The van der Waals surface area contributed by atoms with Gasteiger partial charge in [0.25, 0.3) is 0 Å². The summed E-state index contributed by atoms with van der Waals surface area (Å²) in [6.07, 6.45) is 9.35. The number of thiazole rings is 3. The highest BCUT2D eigenvalue weighted by atomic mass is 127. The van der Waals surface area contributed by atoms with E-state index < -0.39 is 42.3 Å². The van der Waals surface area contributed by atoms with Gasteiger partial charge in [0.1, 0.15) is 11.4 Å². The van der Waals surface area contributed by atoms with Crippen LogP contribution in [0.4, 0.5) is 0 Å². The topological polar surface area (TPSA) is 314 Å². The van der Waals surface area contributed by atoms with E-state index in [-0.39, 0.29) is 23.0 Å². The van der Waals surface area contributed by atoms with E-state index in [9.17, 15) is 38.7 Å². The molecule has 0 saturated carbocycles. The summed E-state index contributed by atoms with van der Waals surface area (Å²) in [4.78, 5) is 94.2. The maximum atomic E-state index is 11.7. The molecule has 1 unspecified atom stereocenters. The molecular weight excluding hydrogens is 1250 g/mol. The second kappa shape index (κ2) is 27.9. The number of ketones is 2. The Balaban J connectivity index is 0.000000192. The predicted octanol–water partition coefficient (Wildman–Crippen LogP) is 6.74. The van der Waals surface area contributed by atoms with E-state index in [0.717, 1.165) is 23.5 Å². The highest BCUT2D eigenvalue weighted by molar-refractivity contribution is 14.1. The third kappa shape index (κ3) is 15.9. The molecule has 1 fully saturated rings. The lowest BCUT2D eigenvalue weighted by molar-refractivity contribution is 0.00578. The van der Waals surface area contributed by atoms with Crippen molar-refractivity contribution in [2.24, 2.45) is 35.2 Å². The number of hydrogen-bond donors (Lipinski definition) is 1. The maximum Gasteiger partial charge on any atom is 0.498 e. The number of aliphatic hydroxyl groups excluding tert-OH is 1. The van der Waals surface area contributed by atoms with E-state index in [2.05, 4.69) is 45.2 Å². The van der Waals surface area contributed by atoms with Crippen molar-refractivity contribution in [1.82, 2.24) is 63.9 Å². The summed E-state index contributed by atoms with van der Waals surface area (Å²) in [6, 6.07) is 0. The average molecular weight is 1310 g/mol. The Morgan fingerprint density at radius 3 is 1.37 bits per heavy atom. The summed E-state index contributed by atoms with van der Waals surface area (Å²) in [5.41, 5.74) is 4.58. The monoisotopic (exact) mass is 1310 g/mol. The molecule has 26 nitrogen and oxygen atoms in total. The summed E-state index contributed by atoms with van der Waals surface area (Å²) in [5, 5.41) is 32.3. The molecule has 442 valence electrons. The highest BCUT2D eigenvalue weighted by Crippen LogP contribution is 2.37. The number of hydrogen-bond acceptors (Lipinski definition) is 24. The highest BCUT2D eigenvalue weighted by Gasteiger charge is 2.53. The Kier molecular flexibility index (Phi) is 22.3. The summed E-state index contributed by atoms with van der Waals surface area (Å²) in [5.74, 6) is -1.57. The number of halogens is 1. The molecule has 1 N–H and O–H groups in total. The number of aliphatic hydroxyl groups is 1. The van der Waals surface area contributed by atoms with Crippen molar-refractivity contribution in [3.8, 4) is 33.8 Å². The Hall–Kier alpha value is -7.30. The molecule has 8 aromatic heterocycles. The molecule has 0 aromatic carbocycles. The van der Waals surface area contributed by atoms with Crippen LogP contribution >= 0.6 is 56.6 Å². The lowest BCUT2D eigenvalue weighted by Crippen LogP contribution is -2.41. The van der Waals surface area contributed by atoms with Gasteiger partial charge >= 0.3 is 25.0 Å². The molecule has 31 heteroatoms. The summed E-state index contributed by atoms with van der Waals surface area (Å²) >= 11 is 6.10. The molecule has 1 aliphatic rings. The fourth-order valence-corrected chi connectivity index (χ4v) is 10.9. The van der Waals surface area contributed by atoms with Crippen molar-refractivity contribution in [2.45, 2.75) is 86.5 Å². The van der Waals surface area contributed by atoms with Crippen LogP contribution in [-0.2, 0) is 58.8 Å². The minimum absolute atomic E-state index is 0.0497. The Morgan fingerprint density at radius 2 is 0.940 bits per heavy atom. The molecule has 0 aliphatic carbocycles. The number of aldehydes is 2. The van der Waals surface area contributed by atoms with E-state index in [4.69, 9.17) is 18.8 Å². The first kappa shape index (κ1) is 66.5. The number of rotatable bonds is 12. The summed E-state index contributed by atoms with van der Waals surface area (Å²) in [7, 11) is 12.0. The van der Waals surface area contributed by atoms with Crippen molar-refractivity contribution in [3.63, 3.8) is 0 Å². The largest absolute Gasteiger partial charge is 0.498 e. The number of ether oxygens (including phenoxy) is 3. The minimum Gasteiger partial charge on any atom is -0.464 e. The van der Waals surface area contributed by atoms with Crippen LogP contribution in [0, 0.1) is 24.3 Å². The molecule has 83 heavy (non-hydrogen) atoms. The first-order valence-corrected chi connectivity index (χ1v) is 28.3. The van der Waals surface area contributed by atoms with Crippen LogP contribution in [0.1, 0.15) is 146 Å². The van der Waals surface area contributed by atoms with Crippen LogP contribution in [0.25, 0.3) is 33.8 Å². The van der Waals surface area contributed by atoms with Gasteiger partial charge in [-0.2, -0.15) is 25.5 Å². The zero-order valence-corrected chi connectivity index (χ0v) is 53.6. The van der Waals surface area contributed by atoms with Crippen LogP contribution in [0.15, 0.2) is 31.0 Å². The Morgan fingerprint density at radius 1 is 0.578 bits per heavy atom. The van der Waals surface area contributed by atoms with E-state index in [1.165, 1.54) is 78.6 Å². The van der Waals surface area contributed by atoms with Gasteiger partial charge in [0.2, 0.25) is 0 Å². The van der Waals surface area contributed by atoms with Gasteiger partial charge in [-0.3, -0.25) is 42.6 Å². The van der Waals surface area contributed by atoms with Crippen molar-refractivity contribution in [3.05, 3.63) is 92.7 Å². The molecule has 0 spiro atoms. The molecule has 1 aliphatic heterocycles. The smallest absolute Gasteiger partial charge is 0.464 e. The van der Waals surface area contributed by atoms with Gasteiger partial charge in [-0.15, -0.1) is 34.0 Å². The van der Waals surface area contributed by atoms with E-state index in [0.29, 0.717) is 78.6 Å². The third-order valence-electron chi connectivity index (χ3n) is 12.1. The van der Waals surface area contributed by atoms with E-state index in [1.807, 2.05) is 71.1 Å². The molecule has 0 amide bonds. The van der Waals surface area contributed by atoms with Gasteiger partial charge in [-0.05, 0) is 78.0 Å². The van der Waals surface area contributed by atoms with Crippen LogP contribution in [0.5, 0.6) is 0 Å². The second-order valence-electron chi connectivity index (χ2n) is 19.2. The zero-order chi connectivity index (χ0) is 62.2. The molecule has 0 radical (unpaired) electrons. The van der Waals surface area contributed by atoms with Crippen LogP contribution in [0.2, 0.25) is 0 Å². The fourth-order valence-electron chi connectivity index (χ4n) is 7.67. The first-order chi connectivity index (χ1) is 38.8. The van der Waals surface area contributed by atoms with Gasteiger partial charge in [0, 0.05) is 85.5 Å². The van der Waals surface area contributed by atoms with Gasteiger partial charge in [-0.1, -0.05) is 0 Å². The SMILES string of the molecule is CC(=O)c1sc(C)nc1-c1cn(C)nc1C=O.COC(=O)c1nn(C)cc1-c1nc(C)sc1C(C)=O.COC(=O)c1nn(C)cc1B1OC(C)(C)C(C)(C)O1.COC(=O)c1nn(C)cc1I.Cc1nc(-c2cn(C)nc2C=O)c(C(C)O)s1. The standard InChI is InChI=1S/C12H19BN2O4.C12H13N3O3S.C11H13N3O2S.C11H11N3O2S.C6H7IN2O2/c1-11(2)12(3,4)19-13(18-11)8-7-15(5)14-9(8)10(16)17-6;1-6(16)11-9(13-7(2)19-11)8-5-15(3)14-10(8)12(17)18-4;2*1-6(16)11-10(12-7(2)17-11)8-4-14(3)13-9(8)5-15;1-9-3-4(7)5(8-9)6(10)11-2/h7H,1-6H3;5H,1-4H3;4-6,16H,1-3H3;4-5H,1-3H3;3H,1-2H3. The lowest BCUT2D eigenvalue weighted by Gasteiger charge is -2.32. The van der Waals surface area contributed by atoms with Crippen molar-refractivity contribution in [2.75, 3.05) is 21.3 Å². The summed E-state index contributed by atoms with van der Waals surface area (Å²) < 4.78 is 34.3. The number of Topliss-reactive ketones (excluding diaryl/α,β-unsaturated/α-hetero) is 2. The molecule has 8 aromatic rings. The Bertz CT molecular complexity index is 3680. The fraction of sp³-hybridized carbons (Fsp3) is 0.404. The first-order valence-electron chi connectivity index (χ1n) is 24.8. The van der Waals surface area contributed by atoms with Crippen molar-refractivity contribution >= 4 is 111 Å². The number of carbonyl (C=O) groups excluding carboxylic acids is 7. The maximum absolute atomic E-state index is 11.7. The van der Waals surface area contributed by atoms with Gasteiger partial charge in [0.05, 0.1) is 106 Å². The number of carbonyl (C=O) groups is 7. The number of aromatic nitrogens is 13. The molecule has 1 saturated heterocycles. The van der Waals surface area contributed by atoms with Crippen LogP contribution < -0.4 is 5.46 Å². The van der Waals surface area contributed by atoms with Crippen LogP contribution in [-0.4, -0.2) is 151 Å². The van der Waals surface area contributed by atoms with Gasteiger partial charge < -0.3 is 28.6 Å². The van der Waals surface area contributed by atoms with Gasteiger partial charge in [0.15, 0.2) is 41.2 Å². The number of aryl methyl sites for hydroxylation is 8. The summed E-state index contributed by atoms with van der Waals surface area (Å²) in [6.45, 7) is 18.0. The average Bonchev–Trinajstić information content (AvgIpc) is 3.43.